The summed E-state index contributed by atoms with van der Waals surface area (Å²) in [6.45, 7) is 8.51. The maximum atomic E-state index is 2.36. The van der Waals surface area contributed by atoms with Crippen molar-refractivity contribution >= 4 is 67.6 Å². The molecule has 0 heterocycles. The molecule has 0 atom stereocenters. The molecule has 0 aromatic heterocycles. The van der Waals surface area contributed by atoms with Crippen molar-refractivity contribution < 1.29 is 0 Å². The van der Waals surface area contributed by atoms with Crippen LogP contribution in [0.4, 0.5) is 22.7 Å². The maximum absolute atomic E-state index is 2.36. The molecule has 0 amide bonds. The van der Waals surface area contributed by atoms with Gasteiger partial charge in [-0.3, -0.25) is 0 Å². The number of fused-ring (bicyclic) bond motifs is 2. The second kappa shape index (κ2) is 22.9. The van der Waals surface area contributed by atoms with Crippen LogP contribution in [0.2, 0.25) is 0 Å². The van der Waals surface area contributed by atoms with Crippen molar-refractivity contribution in [1.29, 1.82) is 0 Å². The molecule has 0 aliphatic carbocycles. The Labute approximate surface area is 437 Å². The number of allylic oxidation sites excluding steroid dienone is 6. The lowest BCUT2D eigenvalue weighted by atomic mass is 9.97. The zero-order valence-electron chi connectivity index (χ0n) is 42.6. The molecule has 74 heavy (non-hydrogen) atoms. The molecule has 0 unspecified atom stereocenters. The predicted molar refractivity (Wildman–Crippen MR) is 321 cm³/mol. The second-order valence-corrected chi connectivity index (χ2v) is 19.0. The molecule has 10 aromatic carbocycles. The van der Waals surface area contributed by atoms with Crippen molar-refractivity contribution in [3.63, 3.8) is 0 Å². The fraction of sp³-hybridized carbons (Fsp3) is 0.0556. The van der Waals surface area contributed by atoms with Crippen molar-refractivity contribution in [3.05, 3.63) is 324 Å². The third-order valence-electron chi connectivity index (χ3n) is 13.3. The Morgan fingerprint density at radius 3 is 0.905 bits per heavy atom. The fourth-order valence-corrected chi connectivity index (χ4v) is 9.57. The molecule has 10 rings (SSSR count). The van der Waals surface area contributed by atoms with E-state index in [0.717, 1.165) is 67.3 Å². The highest BCUT2D eigenvalue weighted by Crippen LogP contribution is 2.41. The first kappa shape index (κ1) is 48.4. The predicted octanol–water partition coefficient (Wildman–Crippen LogP) is 20.1. The van der Waals surface area contributed by atoms with Gasteiger partial charge in [0, 0.05) is 45.7 Å². The normalized spacial score (nSPS) is 11.1. The quantitative estimate of drug-likeness (QED) is 0.0945. The Bertz CT molecular complexity index is 3370. The Morgan fingerprint density at radius 2 is 0.595 bits per heavy atom. The molecule has 0 aliphatic rings. The molecule has 0 saturated carbocycles. The molecule has 0 spiro atoms. The molecule has 0 N–H and O–H groups in total. The highest BCUT2D eigenvalue weighted by atomic mass is 15.1. The number of rotatable bonds is 15. The number of nitrogens with zero attached hydrogens (tertiary/aromatic N) is 2. The van der Waals surface area contributed by atoms with Crippen molar-refractivity contribution in [2.75, 3.05) is 9.80 Å². The molecular weight excluding hydrogens is 893 g/mol. The van der Waals surface area contributed by atoms with Gasteiger partial charge in [-0.05, 0) is 119 Å². The van der Waals surface area contributed by atoms with E-state index in [1.165, 1.54) is 43.8 Å². The van der Waals surface area contributed by atoms with E-state index >= 15 is 0 Å². The standard InChI is InChI=1S/C72H60N2/c1-53(2)23-21-33-61-43-49-71(67-37-19-17-35-65(61)67)73(51-69(57-25-9-5-10-26-57)58-27-11-6-12-28-58)63-45-39-55(40-46-63)56-41-47-64(48-42-56)74(52-70(59-29-13-7-14-30-59)60-31-15-8-16-32-60)72-50-44-62(34-22-24-54(3)4)66-36-18-20-38-68(66)72/h5-52H,1-4H3. The molecule has 0 radical (unpaired) electrons. The van der Waals surface area contributed by atoms with Crippen LogP contribution in [0.25, 0.3) is 56.0 Å². The van der Waals surface area contributed by atoms with Crippen LogP contribution in [-0.2, 0) is 0 Å². The first-order valence-electron chi connectivity index (χ1n) is 25.5. The first-order valence-corrected chi connectivity index (χ1v) is 25.5. The molecule has 0 fully saturated rings. The molecule has 2 nitrogen and oxygen atoms in total. The lowest BCUT2D eigenvalue weighted by Crippen LogP contribution is -2.11. The van der Waals surface area contributed by atoms with Gasteiger partial charge < -0.3 is 9.80 Å². The molecule has 2 heteroatoms. The molecule has 358 valence electrons. The second-order valence-electron chi connectivity index (χ2n) is 19.0. The van der Waals surface area contributed by atoms with Gasteiger partial charge in [0.1, 0.15) is 0 Å². The fourth-order valence-electron chi connectivity index (χ4n) is 9.57. The minimum Gasteiger partial charge on any atom is -0.316 e. The summed E-state index contributed by atoms with van der Waals surface area (Å²) < 4.78 is 0. The van der Waals surface area contributed by atoms with Gasteiger partial charge in [-0.25, -0.2) is 0 Å². The van der Waals surface area contributed by atoms with Gasteiger partial charge in [-0.15, -0.1) is 0 Å². The van der Waals surface area contributed by atoms with Crippen molar-refractivity contribution in [2.24, 2.45) is 0 Å². The summed E-state index contributed by atoms with van der Waals surface area (Å²) >= 11 is 0. The van der Waals surface area contributed by atoms with Crippen LogP contribution in [0.5, 0.6) is 0 Å². The zero-order valence-corrected chi connectivity index (χ0v) is 42.6. The summed E-state index contributed by atoms with van der Waals surface area (Å²) in [6, 6.07) is 87.4. The minimum absolute atomic E-state index is 1.06. The van der Waals surface area contributed by atoms with Gasteiger partial charge in [-0.1, -0.05) is 254 Å². The monoisotopic (exact) mass is 952 g/mol. The van der Waals surface area contributed by atoms with Crippen LogP contribution in [0.1, 0.15) is 61.1 Å². The molecular formula is C72H60N2. The smallest absolute Gasteiger partial charge is 0.0534 e. The van der Waals surface area contributed by atoms with Gasteiger partial charge in [0.25, 0.3) is 0 Å². The highest BCUT2D eigenvalue weighted by molar-refractivity contribution is 6.04. The van der Waals surface area contributed by atoms with E-state index in [1.54, 1.807) is 0 Å². The Balaban J connectivity index is 1.08. The molecule has 10 aromatic rings. The lowest BCUT2D eigenvalue weighted by molar-refractivity contribution is 1.29. The average Bonchev–Trinajstić information content (AvgIpc) is 3.45. The minimum atomic E-state index is 1.06. The van der Waals surface area contributed by atoms with Crippen LogP contribution < -0.4 is 9.80 Å². The third kappa shape index (κ3) is 11.1. The van der Waals surface area contributed by atoms with E-state index in [-0.39, 0.29) is 0 Å². The Hall–Kier alpha value is -9.24. The number of anilines is 4. The van der Waals surface area contributed by atoms with Gasteiger partial charge in [0.2, 0.25) is 0 Å². The van der Waals surface area contributed by atoms with E-state index in [2.05, 4.69) is 329 Å². The topological polar surface area (TPSA) is 6.48 Å². The third-order valence-corrected chi connectivity index (χ3v) is 13.3. The highest BCUT2D eigenvalue weighted by Gasteiger charge is 2.18. The van der Waals surface area contributed by atoms with Gasteiger partial charge in [-0.2, -0.15) is 0 Å². The zero-order chi connectivity index (χ0) is 50.6. The van der Waals surface area contributed by atoms with Crippen LogP contribution >= 0.6 is 0 Å². The average molecular weight is 953 g/mol. The number of benzene rings is 10. The largest absolute Gasteiger partial charge is 0.316 e. The van der Waals surface area contributed by atoms with E-state index in [0.29, 0.717) is 0 Å². The van der Waals surface area contributed by atoms with E-state index in [9.17, 15) is 0 Å². The molecule has 0 aliphatic heterocycles. The van der Waals surface area contributed by atoms with Crippen LogP contribution in [0.15, 0.2) is 291 Å². The van der Waals surface area contributed by atoms with Gasteiger partial charge >= 0.3 is 0 Å². The number of hydrogen-bond donors (Lipinski definition) is 0. The SMILES string of the molecule is CC(C)=CC=Cc1ccc(N(C=C(c2ccccc2)c2ccccc2)c2ccc(-c3ccc(N(C=C(c4ccccc4)c4ccccc4)c4ccc(C=CC=C(C)C)c5ccccc45)cc3)cc2)c2ccccc12. The van der Waals surface area contributed by atoms with Crippen LogP contribution in [0, 0.1) is 0 Å². The summed E-state index contributed by atoms with van der Waals surface area (Å²) in [5.41, 5.74) is 18.3. The van der Waals surface area contributed by atoms with Gasteiger partial charge in [0.05, 0.1) is 11.4 Å². The van der Waals surface area contributed by atoms with E-state index in [4.69, 9.17) is 0 Å². The van der Waals surface area contributed by atoms with Gasteiger partial charge in [0.15, 0.2) is 0 Å². The van der Waals surface area contributed by atoms with E-state index < -0.39 is 0 Å². The van der Waals surface area contributed by atoms with Crippen molar-refractivity contribution in [1.82, 2.24) is 0 Å². The summed E-state index contributed by atoms with van der Waals surface area (Å²) in [5, 5.41) is 4.74. The van der Waals surface area contributed by atoms with Crippen molar-refractivity contribution in [2.45, 2.75) is 27.7 Å². The number of hydrogen-bond acceptors (Lipinski definition) is 2. The van der Waals surface area contributed by atoms with E-state index in [1.807, 2.05) is 0 Å². The molecule has 0 bridgehead atoms. The van der Waals surface area contributed by atoms with Crippen LogP contribution in [-0.4, -0.2) is 0 Å². The Kier molecular flexibility index (Phi) is 15.0. The summed E-state index contributed by atoms with van der Waals surface area (Å²) in [6.07, 6.45) is 17.7. The van der Waals surface area contributed by atoms with Crippen molar-refractivity contribution in [3.8, 4) is 11.1 Å². The molecule has 0 saturated heterocycles. The van der Waals surface area contributed by atoms with Crippen LogP contribution in [0.3, 0.4) is 0 Å². The summed E-state index contributed by atoms with van der Waals surface area (Å²) in [7, 11) is 0. The maximum Gasteiger partial charge on any atom is 0.0534 e. The Morgan fingerprint density at radius 1 is 0.297 bits per heavy atom. The summed E-state index contributed by atoms with van der Waals surface area (Å²) in [4.78, 5) is 4.73. The first-order chi connectivity index (χ1) is 36.4. The summed E-state index contributed by atoms with van der Waals surface area (Å²) in [5.74, 6) is 0. The lowest BCUT2D eigenvalue weighted by Gasteiger charge is -2.26.